The summed E-state index contributed by atoms with van der Waals surface area (Å²) >= 11 is 0. The number of unbranched alkanes of at least 4 members (excludes halogenated alkanes) is 13. The zero-order valence-electron chi connectivity index (χ0n) is 17.1. The molecule has 2 N–H and O–H groups in total. The lowest BCUT2D eigenvalue weighted by atomic mass is 10.1. The van der Waals surface area contributed by atoms with E-state index >= 15 is 0 Å². The van der Waals surface area contributed by atoms with Gasteiger partial charge in [0.05, 0.1) is 12.4 Å². The molecular formula is C21H43NO3S. The fourth-order valence-electron chi connectivity index (χ4n) is 2.92. The summed E-state index contributed by atoms with van der Waals surface area (Å²) < 4.78 is 27.5. The lowest BCUT2D eigenvalue weighted by Gasteiger charge is -2.04. The second-order valence-corrected chi connectivity index (χ2v) is 8.92. The maximum absolute atomic E-state index is 11.3. The minimum absolute atomic E-state index is 0.0829. The van der Waals surface area contributed by atoms with Crippen LogP contribution in [0.1, 0.15) is 103 Å². The van der Waals surface area contributed by atoms with Crippen molar-refractivity contribution in [2.75, 3.05) is 18.9 Å². The summed E-state index contributed by atoms with van der Waals surface area (Å²) in [6, 6.07) is 0. The fourth-order valence-corrected chi connectivity index (χ4v) is 3.69. The standard InChI is InChI=1S/C21H43NO3S/c1-2-3-4-5-6-7-8-9-10-11-12-13-14-15-16-17-18-20-25-26(23,24)21-19-22/h9-10H,2-8,11-22H2,1H3/b10-9-. The number of allylic oxidation sites excluding steroid dienone is 2. The van der Waals surface area contributed by atoms with Crippen molar-refractivity contribution in [3.63, 3.8) is 0 Å². The Morgan fingerprint density at radius 1 is 0.731 bits per heavy atom. The number of rotatable bonds is 20. The van der Waals surface area contributed by atoms with E-state index in [1.165, 1.54) is 77.0 Å². The molecule has 0 saturated heterocycles. The lowest BCUT2D eigenvalue weighted by Crippen LogP contribution is -2.18. The van der Waals surface area contributed by atoms with Gasteiger partial charge in [-0.3, -0.25) is 4.18 Å². The van der Waals surface area contributed by atoms with Crippen LogP contribution < -0.4 is 5.73 Å². The molecule has 0 rings (SSSR count). The van der Waals surface area contributed by atoms with Gasteiger partial charge in [-0.1, -0.05) is 83.3 Å². The van der Waals surface area contributed by atoms with Gasteiger partial charge >= 0.3 is 0 Å². The van der Waals surface area contributed by atoms with Crippen LogP contribution >= 0.6 is 0 Å². The molecule has 0 amide bonds. The third-order valence-corrected chi connectivity index (χ3v) is 5.80. The molecule has 0 aliphatic rings. The third-order valence-electron chi connectivity index (χ3n) is 4.54. The van der Waals surface area contributed by atoms with Gasteiger partial charge in [-0.15, -0.1) is 0 Å². The van der Waals surface area contributed by atoms with E-state index in [9.17, 15) is 8.42 Å². The molecule has 4 nitrogen and oxygen atoms in total. The largest absolute Gasteiger partial charge is 0.329 e. The van der Waals surface area contributed by atoms with Crippen LogP contribution in [0.25, 0.3) is 0 Å². The maximum Gasteiger partial charge on any atom is 0.268 e. The number of hydrogen-bond acceptors (Lipinski definition) is 4. The molecule has 26 heavy (non-hydrogen) atoms. The zero-order chi connectivity index (χ0) is 19.3. The lowest BCUT2D eigenvalue weighted by molar-refractivity contribution is 0.306. The van der Waals surface area contributed by atoms with Gasteiger partial charge in [-0.25, -0.2) is 0 Å². The van der Waals surface area contributed by atoms with E-state index in [1.807, 2.05) is 0 Å². The van der Waals surface area contributed by atoms with Crippen LogP contribution in [-0.2, 0) is 14.3 Å². The first kappa shape index (κ1) is 25.6. The maximum atomic E-state index is 11.3. The Labute approximate surface area is 163 Å². The van der Waals surface area contributed by atoms with E-state index in [0.29, 0.717) is 6.61 Å². The summed E-state index contributed by atoms with van der Waals surface area (Å²) in [6.45, 7) is 2.68. The van der Waals surface area contributed by atoms with Gasteiger partial charge in [0.1, 0.15) is 0 Å². The Morgan fingerprint density at radius 3 is 1.69 bits per heavy atom. The smallest absolute Gasteiger partial charge is 0.268 e. The molecule has 0 bridgehead atoms. The molecule has 0 radical (unpaired) electrons. The topological polar surface area (TPSA) is 69.4 Å². The second-order valence-electron chi connectivity index (χ2n) is 7.16. The van der Waals surface area contributed by atoms with E-state index < -0.39 is 10.1 Å². The first-order chi connectivity index (χ1) is 12.6. The van der Waals surface area contributed by atoms with Crippen LogP contribution in [0.3, 0.4) is 0 Å². The summed E-state index contributed by atoms with van der Waals surface area (Å²) in [5, 5.41) is 0. The van der Waals surface area contributed by atoms with Crippen LogP contribution in [0.5, 0.6) is 0 Å². The highest BCUT2D eigenvalue weighted by Crippen LogP contribution is 2.11. The molecular weight excluding hydrogens is 346 g/mol. The van der Waals surface area contributed by atoms with Crippen molar-refractivity contribution >= 4 is 10.1 Å². The van der Waals surface area contributed by atoms with E-state index in [0.717, 1.165) is 19.3 Å². The third kappa shape index (κ3) is 19.9. The normalized spacial score (nSPS) is 12.2. The molecule has 0 unspecified atom stereocenters. The average molecular weight is 390 g/mol. The highest BCUT2D eigenvalue weighted by molar-refractivity contribution is 7.86. The molecule has 0 aromatic rings. The van der Waals surface area contributed by atoms with E-state index in [-0.39, 0.29) is 12.3 Å². The van der Waals surface area contributed by atoms with Crippen LogP contribution in [-0.4, -0.2) is 27.3 Å². The molecule has 0 fully saturated rings. The minimum atomic E-state index is -3.39. The Morgan fingerprint density at radius 2 is 1.19 bits per heavy atom. The SMILES string of the molecule is CCCCCCCC/C=C\CCCCCCCCCOS(=O)(=O)CCN. The Balaban J connectivity index is 3.21. The second kappa shape index (κ2) is 19.4. The van der Waals surface area contributed by atoms with E-state index in [4.69, 9.17) is 9.92 Å². The molecule has 0 aromatic carbocycles. The molecule has 0 aromatic heterocycles. The minimum Gasteiger partial charge on any atom is -0.329 e. The van der Waals surface area contributed by atoms with Crippen molar-refractivity contribution in [2.24, 2.45) is 5.73 Å². The predicted octanol–water partition coefficient (Wildman–Crippen LogP) is 5.72. The van der Waals surface area contributed by atoms with Crippen LogP contribution in [0, 0.1) is 0 Å². The van der Waals surface area contributed by atoms with Crippen molar-refractivity contribution < 1.29 is 12.6 Å². The monoisotopic (exact) mass is 389 g/mol. The Kier molecular flexibility index (Phi) is 19.1. The summed E-state index contributed by atoms with van der Waals surface area (Å²) in [7, 11) is -3.39. The molecule has 0 spiro atoms. The van der Waals surface area contributed by atoms with E-state index in [1.54, 1.807) is 0 Å². The van der Waals surface area contributed by atoms with Crippen molar-refractivity contribution in [1.82, 2.24) is 0 Å². The van der Waals surface area contributed by atoms with Crippen LogP contribution in [0.2, 0.25) is 0 Å². The first-order valence-electron chi connectivity index (χ1n) is 10.8. The summed E-state index contributed by atoms with van der Waals surface area (Å²) in [5.74, 6) is -0.0829. The summed E-state index contributed by atoms with van der Waals surface area (Å²) in [4.78, 5) is 0. The van der Waals surface area contributed by atoms with Gasteiger partial charge in [0, 0.05) is 6.54 Å². The van der Waals surface area contributed by atoms with Gasteiger partial charge < -0.3 is 5.73 Å². The Hall–Kier alpha value is -0.390. The highest BCUT2D eigenvalue weighted by Gasteiger charge is 2.08. The molecule has 0 saturated carbocycles. The fraction of sp³-hybridized carbons (Fsp3) is 0.905. The predicted molar refractivity (Wildman–Crippen MR) is 113 cm³/mol. The van der Waals surface area contributed by atoms with Gasteiger partial charge in [0.15, 0.2) is 0 Å². The number of hydrogen-bond donors (Lipinski definition) is 1. The quantitative estimate of drug-likeness (QED) is 0.164. The van der Waals surface area contributed by atoms with Crippen molar-refractivity contribution in [1.29, 1.82) is 0 Å². The van der Waals surface area contributed by atoms with Crippen molar-refractivity contribution in [3.8, 4) is 0 Å². The van der Waals surface area contributed by atoms with Gasteiger partial charge in [0.25, 0.3) is 10.1 Å². The van der Waals surface area contributed by atoms with Crippen molar-refractivity contribution in [2.45, 2.75) is 103 Å². The molecule has 0 atom stereocenters. The van der Waals surface area contributed by atoms with E-state index in [2.05, 4.69) is 19.1 Å². The van der Waals surface area contributed by atoms with Gasteiger partial charge in [-0.05, 0) is 32.1 Å². The highest BCUT2D eigenvalue weighted by atomic mass is 32.2. The summed E-state index contributed by atoms with van der Waals surface area (Å²) in [6.07, 6.45) is 23.5. The van der Waals surface area contributed by atoms with Gasteiger partial charge in [-0.2, -0.15) is 8.42 Å². The molecule has 0 aliphatic heterocycles. The molecule has 5 heteroatoms. The van der Waals surface area contributed by atoms with Gasteiger partial charge in [0.2, 0.25) is 0 Å². The number of nitrogens with two attached hydrogens (primary N) is 1. The Bertz CT molecular complexity index is 407. The molecule has 156 valence electrons. The van der Waals surface area contributed by atoms with Crippen LogP contribution in [0.15, 0.2) is 12.2 Å². The van der Waals surface area contributed by atoms with Crippen molar-refractivity contribution in [3.05, 3.63) is 12.2 Å². The van der Waals surface area contributed by atoms with Crippen LogP contribution in [0.4, 0.5) is 0 Å². The molecule has 0 heterocycles. The zero-order valence-corrected chi connectivity index (χ0v) is 17.9. The summed E-state index contributed by atoms with van der Waals surface area (Å²) in [5.41, 5.74) is 5.22. The average Bonchev–Trinajstić information content (AvgIpc) is 2.60. The first-order valence-corrected chi connectivity index (χ1v) is 12.4. The molecule has 0 aliphatic carbocycles.